The molecule has 0 saturated carbocycles. The summed E-state index contributed by atoms with van der Waals surface area (Å²) in [6, 6.07) is 8.25. The Bertz CT molecular complexity index is 573. The summed E-state index contributed by atoms with van der Waals surface area (Å²) in [5, 5.41) is 11.8. The van der Waals surface area contributed by atoms with E-state index in [1.807, 2.05) is 13.0 Å². The lowest BCUT2D eigenvalue weighted by Crippen LogP contribution is -2.38. The smallest absolute Gasteiger partial charge is 0.285 e. The summed E-state index contributed by atoms with van der Waals surface area (Å²) in [4.78, 5) is 12.1. The molecule has 0 saturated heterocycles. The molecule has 1 aromatic carbocycles. The molecule has 0 aromatic heterocycles. The normalized spacial score (nSPS) is 23.3. The van der Waals surface area contributed by atoms with Crippen molar-refractivity contribution in [1.82, 2.24) is 5.32 Å². The van der Waals surface area contributed by atoms with E-state index in [1.165, 1.54) is 0 Å². The van der Waals surface area contributed by atoms with Crippen molar-refractivity contribution in [3.63, 3.8) is 0 Å². The molecule has 0 unspecified atom stereocenters. The molecule has 0 bridgehead atoms. The molecule has 0 radical (unpaired) electrons. The van der Waals surface area contributed by atoms with Gasteiger partial charge >= 0.3 is 0 Å². The Morgan fingerprint density at radius 2 is 2.08 bits per heavy atom. The molecular formula is C18H24INO4. The van der Waals surface area contributed by atoms with Crippen LogP contribution in [0.2, 0.25) is 0 Å². The SMILES string of the molecule is CCO[C@H]1OC(C(=O)NC)=C[C@@H](c2ccc(I)cc2)[C@@H]1CCCO. The van der Waals surface area contributed by atoms with E-state index in [0.29, 0.717) is 18.8 Å². The van der Waals surface area contributed by atoms with Crippen LogP contribution in [0.15, 0.2) is 36.1 Å². The number of benzene rings is 1. The van der Waals surface area contributed by atoms with Crippen LogP contribution in [0.3, 0.4) is 0 Å². The maximum Gasteiger partial charge on any atom is 0.285 e. The predicted octanol–water partition coefficient (Wildman–Crippen LogP) is 2.79. The number of aliphatic hydroxyl groups is 1. The molecule has 1 aromatic rings. The zero-order valence-corrected chi connectivity index (χ0v) is 16.2. The van der Waals surface area contributed by atoms with Gasteiger partial charge in [-0.15, -0.1) is 0 Å². The number of amides is 1. The highest BCUT2D eigenvalue weighted by molar-refractivity contribution is 14.1. The Balaban J connectivity index is 2.39. The monoisotopic (exact) mass is 445 g/mol. The average molecular weight is 445 g/mol. The highest BCUT2D eigenvalue weighted by Crippen LogP contribution is 2.39. The third-order valence-corrected chi connectivity index (χ3v) is 4.84. The van der Waals surface area contributed by atoms with Crippen LogP contribution in [0.25, 0.3) is 0 Å². The number of carbonyl (C=O) groups excluding carboxylic acids is 1. The van der Waals surface area contributed by atoms with Gasteiger partial charge in [0.15, 0.2) is 5.76 Å². The van der Waals surface area contributed by atoms with Crippen LogP contribution in [0.4, 0.5) is 0 Å². The van der Waals surface area contributed by atoms with Crippen molar-refractivity contribution in [3.8, 4) is 0 Å². The standard InChI is InChI=1S/C18H24INO4/c1-3-23-18-14(5-4-10-21)15(11-16(24-18)17(22)20-2)12-6-8-13(19)9-7-12/h6-9,11,14-15,18,21H,3-5,10H2,1-2H3,(H,20,22)/t14-,15-,18-/m0/s1. The molecule has 2 rings (SSSR count). The number of halogens is 1. The first kappa shape index (κ1) is 19.2. The molecule has 1 aliphatic rings. The number of likely N-dealkylation sites (N-methyl/N-ethyl adjacent to an activating group) is 1. The van der Waals surface area contributed by atoms with Gasteiger partial charge in [-0.2, -0.15) is 0 Å². The highest BCUT2D eigenvalue weighted by Gasteiger charge is 2.37. The van der Waals surface area contributed by atoms with E-state index in [0.717, 1.165) is 15.6 Å². The Labute approximate surface area is 156 Å². The van der Waals surface area contributed by atoms with Crippen molar-refractivity contribution in [2.75, 3.05) is 20.3 Å². The first-order chi connectivity index (χ1) is 11.6. The Hall–Kier alpha value is -1.12. The lowest BCUT2D eigenvalue weighted by molar-refractivity contribution is -0.166. The van der Waals surface area contributed by atoms with E-state index in [2.05, 4.69) is 52.2 Å². The molecule has 1 heterocycles. The van der Waals surface area contributed by atoms with Crippen molar-refractivity contribution < 1.29 is 19.4 Å². The van der Waals surface area contributed by atoms with Gasteiger partial charge in [0.25, 0.3) is 5.91 Å². The van der Waals surface area contributed by atoms with Gasteiger partial charge in [0, 0.05) is 35.7 Å². The van der Waals surface area contributed by atoms with Crippen LogP contribution in [0.5, 0.6) is 0 Å². The molecular weight excluding hydrogens is 421 g/mol. The minimum Gasteiger partial charge on any atom is -0.459 e. The largest absolute Gasteiger partial charge is 0.459 e. The molecule has 24 heavy (non-hydrogen) atoms. The number of rotatable bonds is 7. The fraction of sp³-hybridized carbons (Fsp3) is 0.500. The van der Waals surface area contributed by atoms with Crippen LogP contribution < -0.4 is 5.32 Å². The third-order valence-electron chi connectivity index (χ3n) is 4.12. The molecule has 0 spiro atoms. The zero-order valence-electron chi connectivity index (χ0n) is 14.0. The van der Waals surface area contributed by atoms with Crippen molar-refractivity contribution in [2.45, 2.75) is 32.0 Å². The second kappa shape index (κ2) is 9.39. The maximum absolute atomic E-state index is 12.1. The number of carbonyl (C=O) groups is 1. The van der Waals surface area contributed by atoms with Gasteiger partial charge in [-0.1, -0.05) is 12.1 Å². The lowest BCUT2D eigenvalue weighted by Gasteiger charge is -2.37. The Morgan fingerprint density at radius 3 is 2.67 bits per heavy atom. The molecule has 5 nitrogen and oxygen atoms in total. The highest BCUT2D eigenvalue weighted by atomic mass is 127. The number of nitrogens with one attached hydrogen (secondary N) is 1. The van der Waals surface area contributed by atoms with Crippen molar-refractivity contribution in [3.05, 3.63) is 45.2 Å². The second-order valence-electron chi connectivity index (χ2n) is 5.66. The summed E-state index contributed by atoms with van der Waals surface area (Å²) in [7, 11) is 1.58. The quantitative estimate of drug-likeness (QED) is 0.634. The molecule has 2 N–H and O–H groups in total. The number of hydrogen-bond donors (Lipinski definition) is 2. The van der Waals surface area contributed by atoms with Crippen molar-refractivity contribution >= 4 is 28.5 Å². The molecule has 6 heteroatoms. The van der Waals surface area contributed by atoms with Gasteiger partial charge in [0.2, 0.25) is 6.29 Å². The van der Waals surface area contributed by atoms with Gasteiger partial charge in [-0.05, 0) is 66.1 Å². The first-order valence-electron chi connectivity index (χ1n) is 8.19. The molecule has 3 atom stereocenters. The molecule has 132 valence electrons. The van der Waals surface area contributed by atoms with Gasteiger partial charge < -0.3 is 19.9 Å². The van der Waals surface area contributed by atoms with Crippen LogP contribution in [-0.2, 0) is 14.3 Å². The third kappa shape index (κ3) is 4.70. The summed E-state index contributed by atoms with van der Waals surface area (Å²) in [5.41, 5.74) is 1.12. The zero-order chi connectivity index (χ0) is 17.5. The van der Waals surface area contributed by atoms with Crippen LogP contribution >= 0.6 is 22.6 Å². The minimum atomic E-state index is -0.497. The minimum absolute atomic E-state index is 0.00569. The van der Waals surface area contributed by atoms with Crippen molar-refractivity contribution in [1.29, 1.82) is 0 Å². The molecule has 0 fully saturated rings. The Morgan fingerprint density at radius 1 is 1.38 bits per heavy atom. The van der Waals surface area contributed by atoms with Crippen LogP contribution in [0.1, 0.15) is 31.2 Å². The fourth-order valence-corrected chi connectivity index (χ4v) is 3.31. The summed E-state index contributed by atoms with van der Waals surface area (Å²) >= 11 is 2.27. The number of hydrogen-bond acceptors (Lipinski definition) is 4. The summed E-state index contributed by atoms with van der Waals surface area (Å²) in [5.74, 6) is 0.0901. The number of ether oxygens (including phenoxy) is 2. The van der Waals surface area contributed by atoms with Gasteiger partial charge in [-0.25, -0.2) is 0 Å². The fourth-order valence-electron chi connectivity index (χ4n) is 2.95. The molecule has 1 aliphatic heterocycles. The molecule has 0 aliphatic carbocycles. The van der Waals surface area contributed by atoms with Crippen LogP contribution in [-0.4, -0.2) is 37.6 Å². The topological polar surface area (TPSA) is 67.8 Å². The summed E-state index contributed by atoms with van der Waals surface area (Å²) in [6.45, 7) is 2.53. The van der Waals surface area contributed by atoms with E-state index in [9.17, 15) is 9.90 Å². The number of allylic oxidation sites excluding steroid dienone is 1. The summed E-state index contributed by atoms with van der Waals surface area (Å²) in [6.07, 6.45) is 2.80. The number of aliphatic hydroxyl groups excluding tert-OH is 1. The lowest BCUT2D eigenvalue weighted by atomic mass is 9.80. The van der Waals surface area contributed by atoms with E-state index in [1.54, 1.807) is 7.05 Å². The van der Waals surface area contributed by atoms with Crippen LogP contribution in [0, 0.1) is 9.49 Å². The second-order valence-corrected chi connectivity index (χ2v) is 6.90. The van der Waals surface area contributed by atoms with E-state index in [4.69, 9.17) is 9.47 Å². The van der Waals surface area contributed by atoms with Crippen molar-refractivity contribution in [2.24, 2.45) is 5.92 Å². The van der Waals surface area contributed by atoms with E-state index >= 15 is 0 Å². The summed E-state index contributed by atoms with van der Waals surface area (Å²) < 4.78 is 12.7. The van der Waals surface area contributed by atoms with E-state index < -0.39 is 6.29 Å². The van der Waals surface area contributed by atoms with Gasteiger partial charge in [0.05, 0.1) is 0 Å². The average Bonchev–Trinajstić information content (AvgIpc) is 2.60. The first-order valence-corrected chi connectivity index (χ1v) is 9.27. The Kier molecular flexibility index (Phi) is 7.51. The molecule has 1 amide bonds. The van der Waals surface area contributed by atoms with E-state index in [-0.39, 0.29) is 24.3 Å². The predicted molar refractivity (Wildman–Crippen MR) is 100 cm³/mol. The van der Waals surface area contributed by atoms with Gasteiger partial charge in [-0.3, -0.25) is 4.79 Å². The maximum atomic E-state index is 12.1. The van der Waals surface area contributed by atoms with Gasteiger partial charge in [0.1, 0.15) is 0 Å².